The van der Waals surface area contributed by atoms with Crippen LogP contribution in [0.15, 0.2) is 30.5 Å². The van der Waals surface area contributed by atoms with Gasteiger partial charge < -0.3 is 20.5 Å². The number of benzene rings is 1. The molecule has 0 spiro atoms. The molecule has 6 nitrogen and oxygen atoms in total. The SMILES string of the molecule is C[C@H](O)C(=O)N[C@@H](Cc1c[nH]c2ccccc12)C(=O)O. The van der Waals surface area contributed by atoms with Crippen molar-refractivity contribution in [1.82, 2.24) is 10.3 Å². The maximum atomic E-state index is 11.4. The predicted molar refractivity (Wildman–Crippen MR) is 73.3 cm³/mol. The Balaban J connectivity index is 2.20. The van der Waals surface area contributed by atoms with Gasteiger partial charge in [-0.25, -0.2) is 4.79 Å². The highest BCUT2D eigenvalue weighted by Crippen LogP contribution is 2.19. The van der Waals surface area contributed by atoms with Gasteiger partial charge in [0.15, 0.2) is 0 Å². The Labute approximate surface area is 115 Å². The molecule has 20 heavy (non-hydrogen) atoms. The van der Waals surface area contributed by atoms with Crippen molar-refractivity contribution in [2.75, 3.05) is 0 Å². The average Bonchev–Trinajstić information content (AvgIpc) is 2.81. The van der Waals surface area contributed by atoms with Gasteiger partial charge in [-0.15, -0.1) is 0 Å². The molecule has 1 aromatic heterocycles. The van der Waals surface area contributed by atoms with Gasteiger partial charge in [-0.3, -0.25) is 4.79 Å². The summed E-state index contributed by atoms with van der Waals surface area (Å²) in [6.45, 7) is 1.29. The van der Waals surface area contributed by atoms with Crippen molar-refractivity contribution in [2.24, 2.45) is 0 Å². The molecule has 2 rings (SSSR count). The molecule has 2 aromatic rings. The molecule has 0 aliphatic heterocycles. The Morgan fingerprint density at radius 3 is 2.70 bits per heavy atom. The first-order chi connectivity index (χ1) is 9.49. The number of para-hydroxylation sites is 1. The second kappa shape index (κ2) is 5.75. The van der Waals surface area contributed by atoms with Crippen LogP contribution in [0.4, 0.5) is 0 Å². The number of hydrogen-bond acceptors (Lipinski definition) is 3. The summed E-state index contributed by atoms with van der Waals surface area (Å²) >= 11 is 0. The van der Waals surface area contributed by atoms with E-state index >= 15 is 0 Å². The number of aliphatic hydroxyl groups excluding tert-OH is 1. The summed E-state index contributed by atoms with van der Waals surface area (Å²) in [6.07, 6.45) is 0.646. The fourth-order valence-corrected chi connectivity index (χ4v) is 2.01. The molecule has 4 N–H and O–H groups in total. The third-order valence-corrected chi connectivity index (χ3v) is 3.09. The molecule has 0 fully saturated rings. The third kappa shape index (κ3) is 2.97. The zero-order valence-electron chi connectivity index (χ0n) is 11.0. The van der Waals surface area contributed by atoms with Crippen molar-refractivity contribution in [3.8, 4) is 0 Å². The lowest BCUT2D eigenvalue weighted by Crippen LogP contribution is -2.45. The summed E-state index contributed by atoms with van der Waals surface area (Å²) in [5, 5.41) is 21.5. The van der Waals surface area contributed by atoms with Gasteiger partial charge in [0.2, 0.25) is 5.91 Å². The van der Waals surface area contributed by atoms with Gasteiger partial charge in [-0.05, 0) is 18.6 Å². The number of carboxylic acid groups (broad SMARTS) is 1. The number of carboxylic acids is 1. The summed E-state index contributed by atoms with van der Waals surface area (Å²) in [5.41, 5.74) is 1.72. The number of hydrogen-bond donors (Lipinski definition) is 4. The Morgan fingerprint density at radius 2 is 2.05 bits per heavy atom. The molecule has 0 unspecified atom stereocenters. The van der Waals surface area contributed by atoms with Crippen LogP contribution in [0.1, 0.15) is 12.5 Å². The van der Waals surface area contributed by atoms with Crippen molar-refractivity contribution in [2.45, 2.75) is 25.5 Å². The highest BCUT2D eigenvalue weighted by Gasteiger charge is 2.23. The molecule has 0 saturated heterocycles. The predicted octanol–water partition coefficient (Wildman–Crippen LogP) is 0.661. The Kier molecular flexibility index (Phi) is 4.05. The van der Waals surface area contributed by atoms with Crippen LogP contribution >= 0.6 is 0 Å². The van der Waals surface area contributed by atoms with Crippen molar-refractivity contribution in [1.29, 1.82) is 0 Å². The number of nitrogens with one attached hydrogen (secondary N) is 2. The van der Waals surface area contributed by atoms with Gasteiger partial charge in [0.1, 0.15) is 12.1 Å². The quantitative estimate of drug-likeness (QED) is 0.644. The van der Waals surface area contributed by atoms with Gasteiger partial charge in [0, 0.05) is 23.5 Å². The number of amides is 1. The van der Waals surface area contributed by atoms with Crippen LogP contribution in [0.3, 0.4) is 0 Å². The van der Waals surface area contributed by atoms with E-state index < -0.39 is 24.0 Å². The molecule has 0 aliphatic rings. The van der Waals surface area contributed by atoms with Crippen molar-refractivity contribution < 1.29 is 19.8 Å². The molecule has 106 valence electrons. The monoisotopic (exact) mass is 276 g/mol. The van der Waals surface area contributed by atoms with E-state index in [0.717, 1.165) is 16.5 Å². The number of aliphatic carboxylic acids is 1. The molecule has 6 heteroatoms. The molecular weight excluding hydrogens is 260 g/mol. The van der Waals surface area contributed by atoms with E-state index in [2.05, 4.69) is 10.3 Å². The lowest BCUT2D eigenvalue weighted by atomic mass is 10.0. The molecule has 0 aliphatic carbocycles. The second-order valence-corrected chi connectivity index (χ2v) is 4.64. The van der Waals surface area contributed by atoms with E-state index in [9.17, 15) is 9.59 Å². The first-order valence-corrected chi connectivity index (χ1v) is 6.25. The number of carbonyl (C=O) groups is 2. The van der Waals surface area contributed by atoms with Crippen molar-refractivity contribution >= 4 is 22.8 Å². The lowest BCUT2D eigenvalue weighted by Gasteiger charge is -2.15. The van der Waals surface area contributed by atoms with Crippen LogP contribution in [-0.2, 0) is 16.0 Å². The molecule has 0 saturated carbocycles. The number of rotatable bonds is 5. The van der Waals surface area contributed by atoms with Crippen molar-refractivity contribution in [3.05, 3.63) is 36.0 Å². The van der Waals surface area contributed by atoms with Crippen LogP contribution in [0, 0.1) is 0 Å². The van der Waals surface area contributed by atoms with E-state index in [1.54, 1.807) is 6.20 Å². The Bertz CT molecular complexity index is 633. The molecule has 1 heterocycles. The number of carbonyl (C=O) groups excluding carboxylic acids is 1. The lowest BCUT2D eigenvalue weighted by molar-refractivity contribution is -0.143. The van der Waals surface area contributed by atoms with Crippen LogP contribution in [0.25, 0.3) is 10.9 Å². The van der Waals surface area contributed by atoms with E-state index in [0.29, 0.717) is 0 Å². The molecular formula is C14H16N2O4. The van der Waals surface area contributed by atoms with Gasteiger partial charge in [-0.1, -0.05) is 18.2 Å². The average molecular weight is 276 g/mol. The highest BCUT2D eigenvalue weighted by atomic mass is 16.4. The number of aliphatic hydroxyl groups is 1. The number of aromatic nitrogens is 1. The molecule has 1 aromatic carbocycles. The smallest absolute Gasteiger partial charge is 0.326 e. The topological polar surface area (TPSA) is 102 Å². The van der Waals surface area contributed by atoms with Crippen LogP contribution in [0.5, 0.6) is 0 Å². The highest BCUT2D eigenvalue weighted by molar-refractivity contribution is 5.87. The zero-order chi connectivity index (χ0) is 14.7. The molecule has 1 amide bonds. The first kappa shape index (κ1) is 14.1. The molecule has 2 atom stereocenters. The minimum Gasteiger partial charge on any atom is -0.480 e. The van der Waals surface area contributed by atoms with Crippen LogP contribution in [0.2, 0.25) is 0 Å². The number of fused-ring (bicyclic) bond motifs is 1. The fraction of sp³-hybridized carbons (Fsp3) is 0.286. The Hall–Kier alpha value is -2.34. The Morgan fingerprint density at radius 1 is 1.35 bits per heavy atom. The first-order valence-electron chi connectivity index (χ1n) is 6.25. The van der Waals surface area contributed by atoms with Crippen LogP contribution in [-0.4, -0.2) is 39.2 Å². The van der Waals surface area contributed by atoms with E-state index in [1.165, 1.54) is 6.92 Å². The molecule has 0 bridgehead atoms. The minimum absolute atomic E-state index is 0.151. The summed E-state index contributed by atoms with van der Waals surface area (Å²) in [5.74, 6) is -1.83. The normalized spacial score (nSPS) is 13.9. The summed E-state index contributed by atoms with van der Waals surface area (Å²) in [6, 6.07) is 6.45. The second-order valence-electron chi connectivity index (χ2n) is 4.64. The van der Waals surface area contributed by atoms with E-state index in [-0.39, 0.29) is 6.42 Å². The maximum absolute atomic E-state index is 11.4. The van der Waals surface area contributed by atoms with Gasteiger partial charge in [-0.2, -0.15) is 0 Å². The summed E-state index contributed by atoms with van der Waals surface area (Å²) in [7, 11) is 0. The van der Waals surface area contributed by atoms with Gasteiger partial charge in [0.25, 0.3) is 0 Å². The third-order valence-electron chi connectivity index (χ3n) is 3.09. The van der Waals surface area contributed by atoms with Gasteiger partial charge >= 0.3 is 5.97 Å². The zero-order valence-corrected chi connectivity index (χ0v) is 11.0. The van der Waals surface area contributed by atoms with E-state index in [4.69, 9.17) is 10.2 Å². The van der Waals surface area contributed by atoms with Crippen LogP contribution < -0.4 is 5.32 Å². The molecule has 0 radical (unpaired) electrons. The number of aromatic amines is 1. The van der Waals surface area contributed by atoms with Gasteiger partial charge in [0.05, 0.1) is 0 Å². The standard InChI is InChI=1S/C14H16N2O4/c1-8(17)13(18)16-12(14(19)20)6-9-7-15-11-5-3-2-4-10(9)11/h2-5,7-8,12,15,17H,6H2,1H3,(H,16,18)(H,19,20)/t8-,12-/m0/s1. The fourth-order valence-electron chi connectivity index (χ4n) is 2.01. The summed E-state index contributed by atoms with van der Waals surface area (Å²) in [4.78, 5) is 25.7. The van der Waals surface area contributed by atoms with E-state index in [1.807, 2.05) is 24.3 Å². The minimum atomic E-state index is -1.24. The maximum Gasteiger partial charge on any atom is 0.326 e. The largest absolute Gasteiger partial charge is 0.480 e. The summed E-state index contributed by atoms with van der Waals surface area (Å²) < 4.78 is 0. The number of H-pyrrole nitrogens is 1. The van der Waals surface area contributed by atoms with Crippen molar-refractivity contribution in [3.63, 3.8) is 0 Å².